The lowest BCUT2D eigenvalue weighted by Gasteiger charge is -2.54. The smallest absolute Gasteiger partial charge is 0.0747 e. The second-order valence-electron chi connectivity index (χ2n) is 8.35. The maximum atomic E-state index is 2.56. The van der Waals surface area contributed by atoms with Crippen molar-refractivity contribution in [1.82, 2.24) is 0 Å². The van der Waals surface area contributed by atoms with E-state index in [2.05, 4.69) is 57.2 Å². The Bertz CT molecular complexity index is 240. The Hall–Kier alpha value is 0.130. The van der Waals surface area contributed by atoms with Crippen molar-refractivity contribution in [3.05, 3.63) is 0 Å². The average Bonchev–Trinajstić information content (AvgIpc) is 2.30. The fourth-order valence-corrected chi connectivity index (χ4v) is 3.16. The lowest BCUT2D eigenvalue weighted by atomic mass is 9.33. The fourth-order valence-electron chi connectivity index (χ4n) is 3.16. The van der Waals surface area contributed by atoms with Gasteiger partial charge < -0.3 is 0 Å². The summed E-state index contributed by atoms with van der Waals surface area (Å²) in [5, 5.41) is 0.390. The molecule has 0 saturated carbocycles. The molecule has 0 N–H and O–H groups in total. The van der Waals surface area contributed by atoms with Crippen molar-refractivity contribution in [2.45, 2.75) is 98.1 Å². The van der Waals surface area contributed by atoms with E-state index in [-0.39, 0.29) is 0 Å². The Morgan fingerprint density at radius 2 is 1.16 bits per heavy atom. The van der Waals surface area contributed by atoms with Gasteiger partial charge in [-0.2, -0.15) is 0 Å². The van der Waals surface area contributed by atoms with Crippen molar-refractivity contribution in [2.75, 3.05) is 0 Å². The molecule has 0 aliphatic carbocycles. The van der Waals surface area contributed by atoms with E-state index in [1.807, 2.05) is 0 Å². The first-order valence-corrected chi connectivity index (χ1v) is 8.62. The zero-order valence-corrected chi connectivity index (χ0v) is 15.2. The van der Waals surface area contributed by atoms with Gasteiger partial charge in [-0.15, -0.1) is 0 Å². The van der Waals surface area contributed by atoms with Crippen molar-refractivity contribution >= 4 is 15.7 Å². The van der Waals surface area contributed by atoms with E-state index < -0.39 is 0 Å². The van der Waals surface area contributed by atoms with Crippen molar-refractivity contribution in [1.29, 1.82) is 0 Å². The van der Waals surface area contributed by atoms with Gasteiger partial charge in [0.25, 0.3) is 0 Å². The molecule has 0 aromatic rings. The van der Waals surface area contributed by atoms with Gasteiger partial charge in [-0.1, -0.05) is 85.3 Å². The molecule has 0 nitrogen and oxygen atoms in total. The third kappa shape index (κ3) is 5.20. The number of unbranched alkanes of at least 4 members (excludes halogenated alkanes) is 4. The first-order chi connectivity index (χ1) is 8.62. The number of hydrogen-bond acceptors (Lipinski definition) is 0. The van der Waals surface area contributed by atoms with Crippen LogP contribution in [0.5, 0.6) is 0 Å². The molecule has 0 radical (unpaired) electrons. The van der Waals surface area contributed by atoms with Crippen LogP contribution in [0.4, 0.5) is 0 Å². The van der Waals surface area contributed by atoms with E-state index in [9.17, 15) is 0 Å². The van der Waals surface area contributed by atoms with Crippen LogP contribution in [0.1, 0.15) is 92.9 Å². The molecule has 0 aliphatic heterocycles. The molecular weight excluding hydrogens is 226 g/mol. The Kier molecular flexibility index (Phi) is 7.84. The van der Waals surface area contributed by atoms with E-state index in [4.69, 9.17) is 0 Å². The molecule has 0 bridgehead atoms. The van der Waals surface area contributed by atoms with Crippen LogP contribution in [0.25, 0.3) is 0 Å². The zero-order chi connectivity index (χ0) is 15.2. The van der Waals surface area contributed by atoms with Gasteiger partial charge in [0.2, 0.25) is 0 Å². The second kappa shape index (κ2) is 7.79. The van der Waals surface area contributed by atoms with Crippen LogP contribution in [0.15, 0.2) is 0 Å². The maximum Gasteiger partial charge on any atom is 0.101 e. The van der Waals surface area contributed by atoms with Gasteiger partial charge in [0.1, 0.15) is 15.7 Å². The molecule has 1 atom stereocenters. The molecule has 0 aromatic carbocycles. The minimum absolute atomic E-state index is 0.375. The average molecular weight is 264 g/mol. The summed E-state index contributed by atoms with van der Waals surface area (Å²) in [7, 11) is 5.00. The van der Waals surface area contributed by atoms with Crippen molar-refractivity contribution in [2.24, 2.45) is 10.8 Å². The van der Waals surface area contributed by atoms with E-state index in [0.717, 1.165) is 0 Å². The van der Waals surface area contributed by atoms with Crippen LogP contribution in [-0.4, -0.2) is 15.7 Å². The molecule has 19 heavy (non-hydrogen) atoms. The molecule has 2 heteroatoms. The highest BCUT2D eigenvalue weighted by Crippen LogP contribution is 2.57. The van der Waals surface area contributed by atoms with Crippen LogP contribution < -0.4 is 0 Å². The Morgan fingerprint density at radius 1 is 0.684 bits per heavy atom. The highest BCUT2D eigenvalue weighted by atomic mass is 14.4. The Balaban J connectivity index is 4.85. The van der Waals surface area contributed by atoms with Crippen LogP contribution in [0.2, 0.25) is 5.21 Å². The monoisotopic (exact) mass is 264 g/mol. The van der Waals surface area contributed by atoms with Gasteiger partial charge in [-0.3, -0.25) is 0 Å². The van der Waals surface area contributed by atoms with Crippen molar-refractivity contribution < 1.29 is 0 Å². The number of hydrogen-bond donors (Lipinski definition) is 0. The molecule has 0 rings (SSSR count). The molecule has 0 amide bonds. The highest BCUT2D eigenvalue weighted by Gasteiger charge is 2.46. The lowest BCUT2D eigenvalue weighted by Crippen LogP contribution is -2.44. The predicted octanol–water partition coefficient (Wildman–Crippen LogP) is 4.58. The van der Waals surface area contributed by atoms with Gasteiger partial charge in [-0.25, -0.2) is 0 Å². The second-order valence-corrected chi connectivity index (χ2v) is 8.35. The zero-order valence-electron chi connectivity index (χ0n) is 15.2. The molecule has 0 saturated heterocycles. The third-order valence-electron chi connectivity index (χ3n) is 6.05. The van der Waals surface area contributed by atoms with E-state index in [0.29, 0.717) is 16.0 Å². The van der Waals surface area contributed by atoms with Gasteiger partial charge in [0.05, 0.1) is 0 Å². The standard InChI is InChI=1S/C17H38B2/c1-7-9-11-12-14-16(6,13-10-8-2)17(18,19)15(3,4)5/h7-14,18-19H2,1-6H3. The van der Waals surface area contributed by atoms with Crippen LogP contribution in [0, 0.1) is 10.8 Å². The molecule has 1 unspecified atom stereocenters. The molecule has 0 fully saturated rings. The quantitative estimate of drug-likeness (QED) is 0.422. The Morgan fingerprint density at radius 3 is 1.58 bits per heavy atom. The topological polar surface area (TPSA) is 0 Å². The molecule has 0 aromatic heterocycles. The largest absolute Gasteiger partial charge is 0.101 e. The van der Waals surface area contributed by atoms with E-state index >= 15 is 0 Å². The summed E-state index contributed by atoms with van der Waals surface area (Å²) >= 11 is 0. The lowest BCUT2D eigenvalue weighted by molar-refractivity contribution is 0.128. The summed E-state index contributed by atoms with van der Waals surface area (Å²) < 4.78 is 0. The first-order valence-electron chi connectivity index (χ1n) is 8.62. The summed E-state index contributed by atoms with van der Waals surface area (Å²) in [5.74, 6) is 0. The fraction of sp³-hybridized carbons (Fsp3) is 1.00. The molecule has 0 heterocycles. The van der Waals surface area contributed by atoms with Gasteiger partial charge in [-0.05, 0) is 23.7 Å². The molecule has 0 aliphatic rings. The summed E-state index contributed by atoms with van der Waals surface area (Å²) in [6.45, 7) is 14.4. The highest BCUT2D eigenvalue weighted by molar-refractivity contribution is 6.41. The third-order valence-corrected chi connectivity index (χ3v) is 6.05. The molecule has 0 spiro atoms. The minimum atomic E-state index is 0.375. The van der Waals surface area contributed by atoms with Gasteiger partial charge >= 0.3 is 0 Å². The van der Waals surface area contributed by atoms with Crippen LogP contribution in [-0.2, 0) is 0 Å². The van der Waals surface area contributed by atoms with Crippen molar-refractivity contribution in [3.63, 3.8) is 0 Å². The molecule has 112 valence electrons. The summed E-state index contributed by atoms with van der Waals surface area (Å²) in [6.07, 6.45) is 11.1. The predicted molar refractivity (Wildman–Crippen MR) is 95.6 cm³/mol. The Labute approximate surface area is 125 Å². The summed E-state index contributed by atoms with van der Waals surface area (Å²) in [4.78, 5) is 0. The maximum absolute atomic E-state index is 2.56. The first kappa shape index (κ1) is 19.1. The van der Waals surface area contributed by atoms with E-state index in [1.54, 1.807) is 0 Å². The summed E-state index contributed by atoms with van der Waals surface area (Å²) in [5.41, 5.74) is 0.856. The summed E-state index contributed by atoms with van der Waals surface area (Å²) in [6, 6.07) is 0. The molecular formula is C17H38B2. The van der Waals surface area contributed by atoms with Gasteiger partial charge in [0.15, 0.2) is 0 Å². The normalized spacial score (nSPS) is 16.3. The van der Waals surface area contributed by atoms with Crippen LogP contribution in [0.3, 0.4) is 0 Å². The van der Waals surface area contributed by atoms with Crippen LogP contribution >= 0.6 is 0 Å². The minimum Gasteiger partial charge on any atom is -0.0747 e. The number of rotatable bonds is 9. The van der Waals surface area contributed by atoms with Gasteiger partial charge in [0, 0.05) is 0 Å². The van der Waals surface area contributed by atoms with E-state index in [1.165, 1.54) is 51.4 Å². The van der Waals surface area contributed by atoms with Crippen molar-refractivity contribution in [3.8, 4) is 0 Å². The SMILES string of the molecule is BC(B)(C(C)(C)C)C(C)(CCCC)CCCCCC.